The van der Waals surface area contributed by atoms with E-state index in [-0.39, 0.29) is 11.6 Å². The van der Waals surface area contributed by atoms with Gasteiger partial charge in [-0.1, -0.05) is 0 Å². The maximum atomic E-state index is 14.1. The van der Waals surface area contributed by atoms with Crippen LogP contribution in [0.2, 0.25) is 0 Å². The highest BCUT2D eigenvalue weighted by molar-refractivity contribution is 5.95. The molecule has 1 atom stereocenters. The molecule has 0 aliphatic rings. The third-order valence-corrected chi connectivity index (χ3v) is 3.60. The van der Waals surface area contributed by atoms with Crippen LogP contribution in [0.5, 0.6) is 0 Å². The highest BCUT2D eigenvalue weighted by Gasteiger charge is 2.22. The Morgan fingerprint density at radius 2 is 1.95 bits per heavy atom. The van der Waals surface area contributed by atoms with Gasteiger partial charge in [-0.2, -0.15) is 0 Å². The molecule has 0 bridgehead atoms. The van der Waals surface area contributed by atoms with Crippen LogP contribution in [0, 0.1) is 12.7 Å². The number of pyridine rings is 1. The molecule has 5 heteroatoms. The molecule has 1 heterocycles. The summed E-state index contributed by atoms with van der Waals surface area (Å²) in [5.41, 5.74) is 7.38. The zero-order valence-electron chi connectivity index (χ0n) is 12.3. The number of nitrogen functional groups attached to an aromatic ring is 1. The van der Waals surface area contributed by atoms with Crippen LogP contribution in [0.25, 0.3) is 0 Å². The first-order valence-corrected chi connectivity index (χ1v) is 6.64. The predicted octanol–water partition coefficient (Wildman–Crippen LogP) is 2.94. The van der Waals surface area contributed by atoms with Crippen LogP contribution in [0.3, 0.4) is 0 Å². The van der Waals surface area contributed by atoms with E-state index in [0.29, 0.717) is 11.3 Å². The van der Waals surface area contributed by atoms with E-state index in [1.807, 2.05) is 19.1 Å². The van der Waals surface area contributed by atoms with Crippen LogP contribution in [0.15, 0.2) is 36.7 Å². The third-order valence-electron chi connectivity index (χ3n) is 3.60. The van der Waals surface area contributed by atoms with Crippen LogP contribution in [0.4, 0.5) is 10.1 Å². The monoisotopic (exact) mass is 287 g/mol. The minimum atomic E-state index is -0.525. The molecule has 4 nitrogen and oxygen atoms in total. The molecule has 1 aromatic heterocycles. The van der Waals surface area contributed by atoms with E-state index in [9.17, 15) is 9.18 Å². The fraction of sp³-hybridized carbons (Fsp3) is 0.250. The van der Waals surface area contributed by atoms with Crippen molar-refractivity contribution in [1.82, 2.24) is 9.88 Å². The highest BCUT2D eigenvalue weighted by Crippen LogP contribution is 2.23. The summed E-state index contributed by atoms with van der Waals surface area (Å²) in [6, 6.07) is 6.35. The standard InChI is InChI=1S/C16H18FN3O/c1-10-8-13(18)9-14(15(10)17)16(21)20(3)11(2)12-4-6-19-7-5-12/h4-9,11H,18H2,1-3H3. The minimum absolute atomic E-state index is 0.00379. The summed E-state index contributed by atoms with van der Waals surface area (Å²) in [5, 5.41) is 0. The van der Waals surface area contributed by atoms with Gasteiger partial charge in [0.05, 0.1) is 11.6 Å². The maximum absolute atomic E-state index is 14.1. The van der Waals surface area contributed by atoms with Gasteiger partial charge in [0, 0.05) is 25.1 Å². The van der Waals surface area contributed by atoms with E-state index in [1.165, 1.54) is 17.0 Å². The molecule has 1 amide bonds. The molecule has 0 saturated heterocycles. The molecule has 0 aliphatic heterocycles. The molecular weight excluding hydrogens is 269 g/mol. The fourth-order valence-electron chi connectivity index (χ4n) is 2.18. The summed E-state index contributed by atoms with van der Waals surface area (Å²) in [7, 11) is 1.64. The number of nitrogens with zero attached hydrogens (tertiary/aromatic N) is 2. The maximum Gasteiger partial charge on any atom is 0.257 e. The number of nitrogens with two attached hydrogens (primary N) is 1. The van der Waals surface area contributed by atoms with Crippen LogP contribution in [-0.2, 0) is 0 Å². The third kappa shape index (κ3) is 3.02. The van der Waals surface area contributed by atoms with Crippen LogP contribution in [-0.4, -0.2) is 22.8 Å². The van der Waals surface area contributed by atoms with Crippen molar-refractivity contribution in [2.24, 2.45) is 0 Å². The number of carbonyl (C=O) groups excluding carboxylic acids is 1. The number of benzene rings is 1. The van der Waals surface area contributed by atoms with Gasteiger partial charge in [-0.05, 0) is 49.2 Å². The zero-order chi connectivity index (χ0) is 15.6. The first kappa shape index (κ1) is 15.0. The summed E-state index contributed by atoms with van der Waals surface area (Å²) >= 11 is 0. The zero-order valence-corrected chi connectivity index (χ0v) is 12.3. The number of amides is 1. The number of anilines is 1. The van der Waals surface area contributed by atoms with Gasteiger partial charge < -0.3 is 10.6 Å². The van der Waals surface area contributed by atoms with Gasteiger partial charge in [0.15, 0.2) is 0 Å². The molecule has 0 aliphatic carbocycles. The van der Waals surface area contributed by atoms with Crippen LogP contribution < -0.4 is 5.73 Å². The van der Waals surface area contributed by atoms with E-state index in [0.717, 1.165) is 5.56 Å². The molecule has 2 N–H and O–H groups in total. The molecule has 0 spiro atoms. The number of hydrogen-bond donors (Lipinski definition) is 1. The second kappa shape index (κ2) is 5.91. The molecule has 0 fully saturated rings. The molecular formula is C16H18FN3O. The molecule has 21 heavy (non-hydrogen) atoms. The van der Waals surface area contributed by atoms with Crippen molar-refractivity contribution in [3.05, 3.63) is 59.2 Å². The lowest BCUT2D eigenvalue weighted by Crippen LogP contribution is -2.30. The smallest absolute Gasteiger partial charge is 0.257 e. The number of carbonyl (C=O) groups is 1. The lowest BCUT2D eigenvalue weighted by molar-refractivity contribution is 0.0737. The lowest BCUT2D eigenvalue weighted by atomic mass is 10.1. The molecule has 1 unspecified atom stereocenters. The molecule has 2 rings (SSSR count). The summed E-state index contributed by atoms with van der Waals surface area (Å²) < 4.78 is 14.1. The summed E-state index contributed by atoms with van der Waals surface area (Å²) in [4.78, 5) is 17.9. The van der Waals surface area contributed by atoms with Crippen molar-refractivity contribution in [3.63, 3.8) is 0 Å². The average molecular weight is 287 g/mol. The summed E-state index contributed by atoms with van der Waals surface area (Å²) in [6.07, 6.45) is 3.32. The van der Waals surface area contributed by atoms with Gasteiger partial charge >= 0.3 is 0 Å². The quantitative estimate of drug-likeness (QED) is 0.883. The van der Waals surface area contributed by atoms with Gasteiger partial charge in [-0.3, -0.25) is 9.78 Å². The van der Waals surface area contributed by atoms with Crippen LogP contribution >= 0.6 is 0 Å². The van der Waals surface area contributed by atoms with Crippen LogP contribution in [0.1, 0.15) is 34.5 Å². The number of aryl methyl sites for hydroxylation is 1. The van der Waals surface area contributed by atoms with Crippen molar-refractivity contribution in [2.75, 3.05) is 12.8 Å². The molecule has 0 radical (unpaired) electrons. The van der Waals surface area contributed by atoms with E-state index in [4.69, 9.17) is 5.73 Å². The first-order valence-electron chi connectivity index (χ1n) is 6.64. The Morgan fingerprint density at radius 1 is 1.33 bits per heavy atom. The van der Waals surface area contributed by atoms with Gasteiger partial charge in [0.1, 0.15) is 5.82 Å². The topological polar surface area (TPSA) is 59.2 Å². The molecule has 0 saturated carbocycles. The summed E-state index contributed by atoms with van der Waals surface area (Å²) in [5.74, 6) is -0.921. The van der Waals surface area contributed by atoms with Crippen molar-refractivity contribution in [2.45, 2.75) is 19.9 Å². The Balaban J connectivity index is 2.32. The van der Waals surface area contributed by atoms with Crippen molar-refractivity contribution < 1.29 is 9.18 Å². The van der Waals surface area contributed by atoms with E-state index in [2.05, 4.69) is 4.98 Å². The predicted molar refractivity (Wildman–Crippen MR) is 80.3 cm³/mol. The lowest BCUT2D eigenvalue weighted by Gasteiger charge is -2.25. The highest BCUT2D eigenvalue weighted by atomic mass is 19.1. The Hall–Kier alpha value is -2.43. The largest absolute Gasteiger partial charge is 0.399 e. The second-order valence-corrected chi connectivity index (χ2v) is 5.07. The number of rotatable bonds is 3. The van der Waals surface area contributed by atoms with Crippen molar-refractivity contribution in [1.29, 1.82) is 0 Å². The van der Waals surface area contributed by atoms with E-state index < -0.39 is 11.7 Å². The minimum Gasteiger partial charge on any atom is -0.399 e. The Bertz CT molecular complexity index is 658. The fourth-order valence-corrected chi connectivity index (χ4v) is 2.18. The number of hydrogen-bond acceptors (Lipinski definition) is 3. The van der Waals surface area contributed by atoms with E-state index >= 15 is 0 Å². The van der Waals surface area contributed by atoms with Gasteiger partial charge in [-0.25, -0.2) is 4.39 Å². The Kier molecular flexibility index (Phi) is 4.21. The van der Waals surface area contributed by atoms with E-state index in [1.54, 1.807) is 26.4 Å². The molecule has 1 aromatic carbocycles. The average Bonchev–Trinajstić information content (AvgIpc) is 2.49. The molecule has 110 valence electrons. The number of aromatic nitrogens is 1. The van der Waals surface area contributed by atoms with Gasteiger partial charge in [0.2, 0.25) is 0 Å². The normalized spacial score (nSPS) is 12.0. The SMILES string of the molecule is Cc1cc(N)cc(C(=O)N(C)C(C)c2ccncc2)c1F. The van der Waals surface area contributed by atoms with Crippen molar-refractivity contribution in [3.8, 4) is 0 Å². The second-order valence-electron chi connectivity index (χ2n) is 5.07. The van der Waals surface area contributed by atoms with Gasteiger partial charge in [0.25, 0.3) is 5.91 Å². The van der Waals surface area contributed by atoms with Crippen molar-refractivity contribution >= 4 is 11.6 Å². The first-order chi connectivity index (χ1) is 9.91. The Morgan fingerprint density at radius 3 is 2.57 bits per heavy atom. The Labute approximate surface area is 123 Å². The molecule has 2 aromatic rings. The van der Waals surface area contributed by atoms with Gasteiger partial charge in [-0.15, -0.1) is 0 Å². The number of halogens is 1. The summed E-state index contributed by atoms with van der Waals surface area (Å²) in [6.45, 7) is 3.47.